The van der Waals surface area contributed by atoms with Gasteiger partial charge in [0.15, 0.2) is 0 Å². The van der Waals surface area contributed by atoms with Crippen molar-refractivity contribution in [3.63, 3.8) is 0 Å². The highest BCUT2D eigenvalue weighted by molar-refractivity contribution is 6.31. The summed E-state index contributed by atoms with van der Waals surface area (Å²) in [6.45, 7) is 2.19. The van der Waals surface area contributed by atoms with Crippen molar-refractivity contribution in [2.24, 2.45) is 5.92 Å². The summed E-state index contributed by atoms with van der Waals surface area (Å²) in [4.78, 5) is 4.59. The maximum absolute atomic E-state index is 13.8. The topological polar surface area (TPSA) is 17.8 Å². The highest BCUT2D eigenvalue weighted by Gasteiger charge is 2.28. The Hall–Kier alpha value is -0.800. The Labute approximate surface area is 127 Å². The maximum atomic E-state index is 13.8. The van der Waals surface area contributed by atoms with Crippen LogP contribution in [0.3, 0.4) is 0 Å². The summed E-state index contributed by atoms with van der Waals surface area (Å²) >= 11 is 11.7. The van der Waals surface area contributed by atoms with Crippen LogP contribution >= 0.6 is 23.2 Å². The number of rotatable bonds is 4. The normalized spacial score (nSPS) is 17.4. The van der Waals surface area contributed by atoms with Crippen LogP contribution in [0.5, 0.6) is 0 Å². The second-order valence-electron chi connectivity index (χ2n) is 5.52. The van der Waals surface area contributed by atoms with Gasteiger partial charge in [-0.25, -0.2) is 9.37 Å². The number of hydrogen-bond donors (Lipinski definition) is 0. The molecule has 2 nitrogen and oxygen atoms in total. The highest BCUT2D eigenvalue weighted by atomic mass is 35.5. The third-order valence-corrected chi connectivity index (χ3v) is 4.84. The molecule has 0 spiro atoms. The lowest BCUT2D eigenvalue weighted by atomic mass is 9.80. The van der Waals surface area contributed by atoms with E-state index >= 15 is 0 Å². The van der Waals surface area contributed by atoms with Gasteiger partial charge in [-0.15, -0.1) is 11.6 Å². The van der Waals surface area contributed by atoms with E-state index in [9.17, 15) is 4.39 Å². The molecule has 1 unspecified atom stereocenters. The minimum atomic E-state index is -0.390. The van der Waals surface area contributed by atoms with Gasteiger partial charge < -0.3 is 4.57 Å². The monoisotopic (exact) mass is 314 g/mol. The second-order valence-corrected chi connectivity index (χ2v) is 6.31. The van der Waals surface area contributed by atoms with Crippen molar-refractivity contribution in [2.45, 2.75) is 38.6 Å². The smallest absolute Gasteiger partial charge is 0.144 e. The summed E-state index contributed by atoms with van der Waals surface area (Å²) in [6.07, 6.45) is 4.44. The largest absolute Gasteiger partial charge is 0.325 e. The van der Waals surface area contributed by atoms with Gasteiger partial charge in [0.25, 0.3) is 0 Å². The van der Waals surface area contributed by atoms with Gasteiger partial charge in [-0.3, -0.25) is 0 Å². The molecule has 5 heteroatoms. The molecule has 1 heterocycles. The second kappa shape index (κ2) is 5.53. The summed E-state index contributed by atoms with van der Waals surface area (Å²) in [5.41, 5.74) is 1.58. The molecular weight excluding hydrogens is 298 g/mol. The Kier molecular flexibility index (Phi) is 3.91. The first-order valence-electron chi connectivity index (χ1n) is 7.03. The van der Waals surface area contributed by atoms with E-state index in [4.69, 9.17) is 23.2 Å². The number of fused-ring (bicyclic) bond motifs is 1. The molecule has 0 saturated heterocycles. The first-order valence-corrected chi connectivity index (χ1v) is 7.95. The number of aromatic nitrogens is 2. The molecule has 0 amide bonds. The van der Waals surface area contributed by atoms with Crippen LogP contribution in [0, 0.1) is 11.7 Å². The van der Waals surface area contributed by atoms with E-state index in [1.165, 1.54) is 25.3 Å². The van der Waals surface area contributed by atoms with Crippen LogP contribution < -0.4 is 0 Å². The molecule has 1 fully saturated rings. The fourth-order valence-electron chi connectivity index (χ4n) is 2.99. The summed E-state index contributed by atoms with van der Waals surface area (Å²) in [5, 5.41) is 0.121. The van der Waals surface area contributed by atoms with Gasteiger partial charge in [-0.1, -0.05) is 18.0 Å². The molecule has 3 rings (SSSR count). The average molecular weight is 315 g/mol. The van der Waals surface area contributed by atoms with Crippen molar-refractivity contribution in [1.29, 1.82) is 0 Å². The third kappa shape index (κ3) is 2.31. The van der Waals surface area contributed by atoms with E-state index in [0.717, 1.165) is 16.9 Å². The first-order chi connectivity index (χ1) is 9.61. The molecule has 1 aromatic carbocycles. The van der Waals surface area contributed by atoms with E-state index in [-0.39, 0.29) is 5.02 Å². The molecule has 2 aromatic rings. The predicted molar refractivity (Wildman–Crippen MR) is 81.2 cm³/mol. The summed E-state index contributed by atoms with van der Waals surface area (Å²) < 4.78 is 15.9. The Balaban J connectivity index is 2.14. The van der Waals surface area contributed by atoms with Crippen LogP contribution in [-0.2, 0) is 6.42 Å². The summed E-state index contributed by atoms with van der Waals surface area (Å²) in [7, 11) is 0. The SMILES string of the molecule is CC(C1CCC1)n1c(CCCl)nc2cc(Cl)c(F)cc21. The fraction of sp³-hybridized carbons (Fsp3) is 0.533. The average Bonchev–Trinajstić information content (AvgIpc) is 2.65. The molecular formula is C15H17Cl2FN2. The van der Waals surface area contributed by atoms with Crippen LogP contribution in [0.15, 0.2) is 12.1 Å². The standard InChI is InChI=1S/C15H17Cl2FN2/c1-9(10-3-2-4-10)20-14-8-12(18)11(17)7-13(14)19-15(20)5-6-16/h7-10H,2-6H2,1H3. The third-order valence-electron chi connectivity index (χ3n) is 4.36. The number of hydrogen-bond acceptors (Lipinski definition) is 1. The van der Waals surface area contributed by atoms with E-state index in [0.29, 0.717) is 24.3 Å². The lowest BCUT2D eigenvalue weighted by Crippen LogP contribution is -2.24. The van der Waals surface area contributed by atoms with Crippen molar-refractivity contribution in [1.82, 2.24) is 9.55 Å². The molecule has 0 N–H and O–H groups in total. The Morgan fingerprint density at radius 2 is 2.20 bits per heavy atom. The molecule has 20 heavy (non-hydrogen) atoms. The zero-order valence-corrected chi connectivity index (χ0v) is 12.9. The van der Waals surface area contributed by atoms with Crippen LogP contribution in [-0.4, -0.2) is 15.4 Å². The minimum Gasteiger partial charge on any atom is -0.325 e. The number of alkyl halides is 1. The summed E-state index contributed by atoms with van der Waals surface area (Å²) in [5.74, 6) is 1.70. The van der Waals surface area contributed by atoms with E-state index in [1.54, 1.807) is 6.07 Å². The van der Waals surface area contributed by atoms with Crippen LogP contribution in [0.25, 0.3) is 11.0 Å². The van der Waals surface area contributed by atoms with Gasteiger partial charge in [0.05, 0.1) is 16.1 Å². The number of aryl methyl sites for hydroxylation is 1. The van der Waals surface area contributed by atoms with Crippen molar-refractivity contribution in [3.05, 3.63) is 28.8 Å². The van der Waals surface area contributed by atoms with Gasteiger partial charge in [0.2, 0.25) is 0 Å². The van der Waals surface area contributed by atoms with Gasteiger partial charge in [-0.2, -0.15) is 0 Å². The quantitative estimate of drug-likeness (QED) is 0.728. The van der Waals surface area contributed by atoms with Crippen molar-refractivity contribution >= 4 is 34.2 Å². The Morgan fingerprint density at radius 3 is 2.80 bits per heavy atom. The van der Waals surface area contributed by atoms with Gasteiger partial charge in [0, 0.05) is 24.4 Å². The van der Waals surface area contributed by atoms with Crippen molar-refractivity contribution in [3.8, 4) is 0 Å². The molecule has 0 aliphatic heterocycles. The lowest BCUT2D eigenvalue weighted by molar-refractivity contribution is 0.223. The number of halogens is 3. The van der Waals surface area contributed by atoms with Gasteiger partial charge in [0.1, 0.15) is 11.6 Å². The number of imidazole rings is 1. The van der Waals surface area contributed by atoms with Crippen molar-refractivity contribution in [2.75, 3.05) is 5.88 Å². The Morgan fingerprint density at radius 1 is 1.45 bits per heavy atom. The molecule has 1 aromatic heterocycles. The van der Waals surface area contributed by atoms with Crippen LogP contribution in [0.4, 0.5) is 4.39 Å². The molecule has 108 valence electrons. The lowest BCUT2D eigenvalue weighted by Gasteiger charge is -2.33. The number of benzene rings is 1. The highest BCUT2D eigenvalue weighted by Crippen LogP contribution is 2.38. The number of nitrogens with zero attached hydrogens (tertiary/aromatic N) is 2. The molecule has 1 saturated carbocycles. The van der Waals surface area contributed by atoms with Crippen LogP contribution in [0.1, 0.15) is 38.1 Å². The Bertz CT molecular complexity index is 634. The fourth-order valence-corrected chi connectivity index (χ4v) is 3.32. The predicted octanol–water partition coefficient (Wildman–Crippen LogP) is 4.97. The molecule has 0 bridgehead atoms. The maximum Gasteiger partial charge on any atom is 0.144 e. The summed E-state index contributed by atoms with van der Waals surface area (Å²) in [6, 6.07) is 3.43. The minimum absolute atomic E-state index is 0.121. The zero-order valence-electron chi connectivity index (χ0n) is 11.4. The van der Waals surface area contributed by atoms with Crippen molar-refractivity contribution < 1.29 is 4.39 Å². The van der Waals surface area contributed by atoms with Crippen LogP contribution in [0.2, 0.25) is 5.02 Å². The molecule has 1 aliphatic rings. The van der Waals surface area contributed by atoms with E-state index in [1.807, 2.05) is 0 Å². The zero-order chi connectivity index (χ0) is 14.3. The molecule has 0 radical (unpaired) electrons. The van der Waals surface area contributed by atoms with Gasteiger partial charge in [-0.05, 0) is 31.7 Å². The van der Waals surface area contributed by atoms with Gasteiger partial charge >= 0.3 is 0 Å². The van der Waals surface area contributed by atoms with E-state index in [2.05, 4.69) is 16.5 Å². The van der Waals surface area contributed by atoms with E-state index < -0.39 is 5.82 Å². The first kappa shape index (κ1) is 14.2. The molecule has 1 atom stereocenters. The molecule has 1 aliphatic carbocycles.